The number of nitrogens with one attached hydrogen (secondary N) is 2. The Bertz CT molecular complexity index is 787. The van der Waals surface area contributed by atoms with Gasteiger partial charge in [-0.15, -0.1) is 24.0 Å². The summed E-state index contributed by atoms with van der Waals surface area (Å²) in [6.45, 7) is 3.28. The first-order valence-corrected chi connectivity index (χ1v) is 8.72. The number of aliphatic imine (C=N–C) groups is 1. The molecule has 0 bridgehead atoms. The average Bonchev–Trinajstić information content (AvgIpc) is 2.70. The summed E-state index contributed by atoms with van der Waals surface area (Å²) in [5, 5.41) is 15.6. The number of aliphatic hydroxyl groups excluding tert-OH is 1. The van der Waals surface area contributed by atoms with Crippen LogP contribution in [0.3, 0.4) is 0 Å². The van der Waals surface area contributed by atoms with Gasteiger partial charge in [0, 0.05) is 18.7 Å². The van der Waals surface area contributed by atoms with E-state index in [1.807, 2.05) is 25.1 Å². The van der Waals surface area contributed by atoms with Crippen LogP contribution in [-0.2, 0) is 19.7 Å². The fourth-order valence-corrected chi connectivity index (χ4v) is 2.54. The largest absolute Gasteiger partial charge is 0.493 e. The molecule has 0 heterocycles. The minimum Gasteiger partial charge on any atom is -0.493 e. The molecule has 28 heavy (non-hydrogen) atoms. The van der Waals surface area contributed by atoms with Crippen LogP contribution >= 0.6 is 24.0 Å². The molecule has 0 unspecified atom stereocenters. The van der Waals surface area contributed by atoms with E-state index in [2.05, 4.69) is 15.6 Å². The quantitative estimate of drug-likeness (QED) is 0.293. The van der Waals surface area contributed by atoms with Gasteiger partial charge in [-0.05, 0) is 42.3 Å². The van der Waals surface area contributed by atoms with Crippen LogP contribution in [0.2, 0.25) is 0 Å². The van der Waals surface area contributed by atoms with Crippen molar-refractivity contribution in [3.8, 4) is 11.5 Å². The van der Waals surface area contributed by atoms with Crippen molar-refractivity contribution in [3.63, 3.8) is 0 Å². The molecule has 0 atom stereocenters. The van der Waals surface area contributed by atoms with Crippen molar-refractivity contribution < 1.29 is 19.0 Å². The summed E-state index contributed by atoms with van der Waals surface area (Å²) in [6.07, 6.45) is 0. The smallest absolute Gasteiger partial charge is 0.191 e. The number of halogens is 2. The number of hydrogen-bond donors (Lipinski definition) is 3. The Morgan fingerprint density at radius 1 is 1.04 bits per heavy atom. The monoisotopic (exact) mass is 503 g/mol. The van der Waals surface area contributed by atoms with Crippen molar-refractivity contribution in [3.05, 3.63) is 58.9 Å². The van der Waals surface area contributed by atoms with Crippen molar-refractivity contribution in [1.82, 2.24) is 10.6 Å². The van der Waals surface area contributed by atoms with Gasteiger partial charge in [0.1, 0.15) is 5.82 Å². The summed E-state index contributed by atoms with van der Waals surface area (Å²) < 4.78 is 24.0. The number of rotatable bonds is 8. The molecule has 2 aromatic rings. The van der Waals surface area contributed by atoms with Crippen LogP contribution in [0, 0.1) is 5.82 Å². The lowest BCUT2D eigenvalue weighted by molar-refractivity contribution is 0.275. The van der Waals surface area contributed by atoms with E-state index < -0.39 is 5.82 Å². The molecule has 0 spiro atoms. The maximum Gasteiger partial charge on any atom is 0.191 e. The second-order valence-corrected chi connectivity index (χ2v) is 5.82. The van der Waals surface area contributed by atoms with Crippen molar-refractivity contribution in [2.24, 2.45) is 4.99 Å². The van der Waals surface area contributed by atoms with Crippen LogP contribution in [0.25, 0.3) is 0 Å². The number of guanidine groups is 1. The van der Waals surface area contributed by atoms with Crippen LogP contribution in [-0.4, -0.2) is 31.8 Å². The molecule has 0 aromatic heterocycles. The molecule has 0 aliphatic rings. The molecule has 0 saturated carbocycles. The van der Waals surface area contributed by atoms with Gasteiger partial charge in [-0.2, -0.15) is 0 Å². The van der Waals surface area contributed by atoms with Gasteiger partial charge in [-0.25, -0.2) is 9.38 Å². The van der Waals surface area contributed by atoms with E-state index in [1.165, 1.54) is 6.07 Å². The summed E-state index contributed by atoms with van der Waals surface area (Å²) in [7, 11) is 3.20. The fourth-order valence-electron chi connectivity index (χ4n) is 2.54. The Labute approximate surface area is 182 Å². The first kappa shape index (κ1) is 24.0. The van der Waals surface area contributed by atoms with E-state index in [1.54, 1.807) is 26.4 Å². The summed E-state index contributed by atoms with van der Waals surface area (Å²) >= 11 is 0. The van der Waals surface area contributed by atoms with E-state index in [0.29, 0.717) is 37.1 Å². The van der Waals surface area contributed by atoms with Gasteiger partial charge < -0.3 is 25.2 Å². The first-order valence-electron chi connectivity index (χ1n) is 8.72. The highest BCUT2D eigenvalue weighted by molar-refractivity contribution is 14.0. The molecule has 0 aliphatic carbocycles. The number of hydrogen-bond acceptors (Lipinski definition) is 4. The molecule has 8 heteroatoms. The number of nitrogens with zero attached hydrogens (tertiary/aromatic N) is 1. The zero-order valence-corrected chi connectivity index (χ0v) is 18.6. The Kier molecular flexibility index (Phi) is 10.6. The highest BCUT2D eigenvalue weighted by atomic mass is 127. The van der Waals surface area contributed by atoms with E-state index in [9.17, 15) is 9.50 Å². The second kappa shape index (κ2) is 12.4. The molecule has 154 valence electrons. The first-order chi connectivity index (χ1) is 13.1. The summed E-state index contributed by atoms with van der Waals surface area (Å²) in [4.78, 5) is 4.51. The molecule has 0 amide bonds. The maximum absolute atomic E-state index is 13.5. The van der Waals surface area contributed by atoms with Gasteiger partial charge in [-0.1, -0.05) is 12.1 Å². The molecule has 0 fully saturated rings. The van der Waals surface area contributed by atoms with Crippen LogP contribution in [0.4, 0.5) is 4.39 Å². The predicted molar refractivity (Wildman–Crippen MR) is 119 cm³/mol. The highest BCUT2D eigenvalue weighted by Crippen LogP contribution is 2.27. The zero-order valence-electron chi connectivity index (χ0n) is 16.3. The predicted octanol–water partition coefficient (Wildman–Crippen LogP) is 3.21. The second-order valence-electron chi connectivity index (χ2n) is 5.82. The van der Waals surface area contributed by atoms with Crippen LogP contribution in [0.15, 0.2) is 41.4 Å². The van der Waals surface area contributed by atoms with Crippen molar-refractivity contribution in [2.45, 2.75) is 26.6 Å². The Hall–Kier alpha value is -2.07. The zero-order chi connectivity index (χ0) is 19.6. The van der Waals surface area contributed by atoms with E-state index >= 15 is 0 Å². The Morgan fingerprint density at radius 2 is 1.75 bits per heavy atom. The third-order valence-corrected chi connectivity index (χ3v) is 3.95. The van der Waals surface area contributed by atoms with E-state index in [-0.39, 0.29) is 36.1 Å². The summed E-state index contributed by atoms with van der Waals surface area (Å²) in [5.74, 6) is 1.57. The van der Waals surface area contributed by atoms with Gasteiger partial charge >= 0.3 is 0 Å². The molecular formula is C20H27FIN3O3. The minimum absolute atomic E-state index is 0. The SMILES string of the molecule is CCNC(=NCc1ccc(F)c(CO)c1)NCc1ccc(OC)c(OC)c1.I. The average molecular weight is 503 g/mol. The number of aliphatic hydroxyl groups is 1. The highest BCUT2D eigenvalue weighted by Gasteiger charge is 2.06. The summed E-state index contributed by atoms with van der Waals surface area (Å²) in [6, 6.07) is 10.3. The maximum atomic E-state index is 13.5. The van der Waals surface area contributed by atoms with Gasteiger partial charge in [-0.3, -0.25) is 0 Å². The van der Waals surface area contributed by atoms with Crippen LogP contribution < -0.4 is 20.1 Å². The third kappa shape index (κ3) is 6.83. The molecule has 0 radical (unpaired) electrons. The molecular weight excluding hydrogens is 476 g/mol. The van der Waals surface area contributed by atoms with Crippen molar-refractivity contribution in [1.29, 1.82) is 0 Å². The van der Waals surface area contributed by atoms with E-state index in [0.717, 1.165) is 11.1 Å². The molecule has 0 aliphatic heterocycles. The molecule has 3 N–H and O–H groups in total. The molecule has 6 nitrogen and oxygen atoms in total. The van der Waals surface area contributed by atoms with Crippen molar-refractivity contribution >= 4 is 29.9 Å². The number of ether oxygens (including phenoxy) is 2. The third-order valence-electron chi connectivity index (χ3n) is 3.95. The lowest BCUT2D eigenvalue weighted by Crippen LogP contribution is -2.36. The van der Waals surface area contributed by atoms with Crippen LogP contribution in [0.1, 0.15) is 23.6 Å². The van der Waals surface area contributed by atoms with Gasteiger partial charge in [0.2, 0.25) is 0 Å². The number of benzene rings is 2. The van der Waals surface area contributed by atoms with Gasteiger partial charge in [0.15, 0.2) is 17.5 Å². The van der Waals surface area contributed by atoms with Crippen molar-refractivity contribution in [2.75, 3.05) is 20.8 Å². The lowest BCUT2D eigenvalue weighted by atomic mass is 10.1. The van der Waals surface area contributed by atoms with E-state index in [4.69, 9.17) is 9.47 Å². The van der Waals surface area contributed by atoms with Crippen LogP contribution in [0.5, 0.6) is 11.5 Å². The molecule has 2 rings (SSSR count). The Morgan fingerprint density at radius 3 is 2.39 bits per heavy atom. The molecule has 2 aromatic carbocycles. The van der Waals surface area contributed by atoms with Gasteiger partial charge in [0.05, 0.1) is 27.4 Å². The normalized spacial score (nSPS) is 10.8. The summed E-state index contributed by atoms with van der Waals surface area (Å²) in [5.41, 5.74) is 2.11. The minimum atomic E-state index is -0.413. The number of methoxy groups -OCH3 is 2. The lowest BCUT2D eigenvalue weighted by Gasteiger charge is -2.13. The fraction of sp³-hybridized carbons (Fsp3) is 0.350. The van der Waals surface area contributed by atoms with Gasteiger partial charge in [0.25, 0.3) is 0 Å². The molecule has 0 saturated heterocycles. The Balaban J connectivity index is 0.00000392. The topological polar surface area (TPSA) is 75.1 Å². The standard InChI is InChI=1S/C20H26FN3O3.HI/c1-4-22-20(23-11-14-5-7-17(21)16(9-14)13-25)24-12-15-6-8-18(26-2)19(10-15)27-3;/h5-10,25H,4,11-13H2,1-3H3,(H2,22,23,24);1H.